The van der Waals surface area contributed by atoms with Gasteiger partial charge in [-0.15, -0.1) is 0 Å². The molecule has 15 heavy (non-hydrogen) atoms. The van der Waals surface area contributed by atoms with Gasteiger partial charge in [-0.2, -0.15) is 11.8 Å². The molecule has 0 aromatic carbocycles. The molecule has 6 N–H and O–H groups in total. The molecule has 0 aromatic heterocycles. The van der Waals surface area contributed by atoms with Gasteiger partial charge in [0, 0.05) is 29.7 Å². The van der Waals surface area contributed by atoms with Crippen molar-refractivity contribution < 1.29 is 19.8 Å². The van der Waals surface area contributed by atoms with E-state index in [0.717, 1.165) is 0 Å². The van der Waals surface area contributed by atoms with Crippen molar-refractivity contribution in [1.82, 2.24) is 0 Å². The van der Waals surface area contributed by atoms with Crippen LogP contribution in [-0.2, 0) is 9.59 Å². The second-order valence-corrected chi connectivity index (χ2v) is 3.90. The predicted molar refractivity (Wildman–Crippen MR) is 58.9 cm³/mol. The predicted octanol–water partition coefficient (Wildman–Crippen LogP) is -1.45. The third-order valence-electron chi connectivity index (χ3n) is 1.50. The van der Waals surface area contributed by atoms with E-state index in [2.05, 4.69) is 0 Å². The van der Waals surface area contributed by atoms with Crippen molar-refractivity contribution in [1.29, 1.82) is 0 Å². The van der Waals surface area contributed by atoms with Crippen molar-refractivity contribution >= 4 is 47.6 Å². The minimum Gasteiger partial charge on any atom is -0.480 e. The summed E-state index contributed by atoms with van der Waals surface area (Å²) < 4.78 is 0. The van der Waals surface area contributed by atoms with Gasteiger partial charge in [0.05, 0.1) is 0 Å². The maximum absolute atomic E-state index is 10.3. The quantitative estimate of drug-likeness (QED) is 0.330. The zero-order valence-corrected chi connectivity index (χ0v) is 11.7. The van der Waals surface area contributed by atoms with E-state index in [9.17, 15) is 9.59 Å². The smallest absolute Gasteiger partial charge is 0.321 e. The number of carboxylic acid groups (broad SMARTS) is 2. The van der Waals surface area contributed by atoms with Gasteiger partial charge in [0.25, 0.3) is 0 Å². The van der Waals surface area contributed by atoms with Crippen LogP contribution in [0.3, 0.4) is 0 Å². The molecule has 0 aliphatic heterocycles. The fraction of sp³-hybridized carbons (Fsp3) is 0.714. The number of thioether (sulfide) groups is 1. The standard InChI is InChI=1S/C7H14N2O4S.Sn/c8-4(6(10)11)1-2-14-3-5(9)7(12)13;/h4-5H,1-3,8-9H2,(H,10,11)(H,12,13);/t4-,5-;/m0./s1. The molecule has 0 aliphatic carbocycles. The molecular formula is C7H14N2O4SSn. The van der Waals surface area contributed by atoms with Gasteiger partial charge in [-0.3, -0.25) is 9.59 Å². The Balaban J connectivity index is 0. The molecule has 0 rings (SSSR count). The van der Waals surface area contributed by atoms with Crippen LogP contribution < -0.4 is 11.5 Å². The van der Waals surface area contributed by atoms with Crippen LogP contribution in [0.25, 0.3) is 0 Å². The first-order valence-corrected chi connectivity index (χ1v) is 5.15. The number of hydrogen-bond donors (Lipinski definition) is 4. The molecule has 2 atom stereocenters. The Morgan fingerprint density at radius 1 is 1.13 bits per heavy atom. The first kappa shape index (κ1) is 17.4. The number of carbonyl (C=O) groups is 2. The summed E-state index contributed by atoms with van der Waals surface area (Å²) in [4.78, 5) is 20.6. The third kappa shape index (κ3) is 8.97. The number of aliphatic carboxylic acids is 2. The van der Waals surface area contributed by atoms with Gasteiger partial charge in [0.2, 0.25) is 0 Å². The van der Waals surface area contributed by atoms with Crippen molar-refractivity contribution in [3.63, 3.8) is 0 Å². The van der Waals surface area contributed by atoms with E-state index in [0.29, 0.717) is 12.2 Å². The molecule has 8 heteroatoms. The average Bonchev–Trinajstić information content (AvgIpc) is 2.11. The van der Waals surface area contributed by atoms with E-state index in [1.54, 1.807) is 0 Å². The van der Waals surface area contributed by atoms with E-state index < -0.39 is 24.0 Å². The van der Waals surface area contributed by atoms with Gasteiger partial charge in [-0.25, -0.2) is 0 Å². The van der Waals surface area contributed by atoms with Crippen molar-refractivity contribution in [2.75, 3.05) is 11.5 Å². The number of hydrogen-bond acceptors (Lipinski definition) is 5. The zero-order valence-electron chi connectivity index (χ0n) is 8.05. The molecule has 86 valence electrons. The first-order valence-electron chi connectivity index (χ1n) is 3.99. The molecule has 0 saturated heterocycles. The second kappa shape index (κ2) is 9.25. The van der Waals surface area contributed by atoms with Crippen LogP contribution >= 0.6 is 11.8 Å². The van der Waals surface area contributed by atoms with E-state index in [1.165, 1.54) is 11.8 Å². The molecule has 0 heterocycles. The van der Waals surface area contributed by atoms with E-state index in [1.807, 2.05) is 0 Å². The fourth-order valence-corrected chi connectivity index (χ4v) is 1.60. The van der Waals surface area contributed by atoms with E-state index in [-0.39, 0.29) is 29.7 Å². The van der Waals surface area contributed by atoms with Crippen LogP contribution in [0.15, 0.2) is 0 Å². The Morgan fingerprint density at radius 2 is 1.60 bits per heavy atom. The van der Waals surface area contributed by atoms with Crippen LogP contribution in [-0.4, -0.2) is 69.6 Å². The van der Waals surface area contributed by atoms with Crippen molar-refractivity contribution in [3.05, 3.63) is 0 Å². The number of nitrogens with two attached hydrogens (primary N) is 2. The van der Waals surface area contributed by atoms with Gasteiger partial charge in [0.15, 0.2) is 0 Å². The summed E-state index contributed by atoms with van der Waals surface area (Å²) >= 11 is 1.29. The molecule has 0 unspecified atom stereocenters. The second-order valence-electron chi connectivity index (χ2n) is 2.75. The minimum absolute atomic E-state index is 0. The van der Waals surface area contributed by atoms with Crippen molar-refractivity contribution in [3.8, 4) is 0 Å². The van der Waals surface area contributed by atoms with E-state index >= 15 is 0 Å². The number of rotatable bonds is 7. The van der Waals surface area contributed by atoms with Gasteiger partial charge >= 0.3 is 11.9 Å². The van der Waals surface area contributed by atoms with Crippen LogP contribution in [0.2, 0.25) is 0 Å². The Morgan fingerprint density at radius 3 is 2.00 bits per heavy atom. The van der Waals surface area contributed by atoms with Gasteiger partial charge in [-0.1, -0.05) is 0 Å². The molecule has 0 aromatic rings. The molecule has 0 amide bonds. The minimum atomic E-state index is -1.06. The maximum atomic E-state index is 10.3. The molecule has 0 saturated carbocycles. The molecule has 0 spiro atoms. The molecule has 4 radical (unpaired) electrons. The zero-order chi connectivity index (χ0) is 11.1. The van der Waals surface area contributed by atoms with Crippen LogP contribution in [0.1, 0.15) is 6.42 Å². The van der Waals surface area contributed by atoms with Crippen molar-refractivity contribution in [2.24, 2.45) is 11.5 Å². The number of carboxylic acids is 2. The summed E-state index contributed by atoms with van der Waals surface area (Å²) in [5.74, 6) is -1.34. The Bertz CT molecular complexity index is 195. The van der Waals surface area contributed by atoms with Gasteiger partial charge in [-0.05, 0) is 12.2 Å². The van der Waals surface area contributed by atoms with Crippen LogP contribution in [0, 0.1) is 0 Å². The summed E-state index contributed by atoms with van der Waals surface area (Å²) in [6.45, 7) is 0. The SMILES string of the molecule is N[C@@H](CCSC[C@H](N)C(=O)O)C(=O)O.[Sn]. The summed E-state index contributed by atoms with van der Waals surface area (Å²) in [6.07, 6.45) is 0.312. The summed E-state index contributed by atoms with van der Waals surface area (Å²) in [5, 5.41) is 16.8. The molecule has 0 aliphatic rings. The molecule has 6 nitrogen and oxygen atoms in total. The first-order chi connectivity index (χ1) is 6.45. The van der Waals surface area contributed by atoms with Gasteiger partial charge in [0.1, 0.15) is 12.1 Å². The van der Waals surface area contributed by atoms with E-state index in [4.69, 9.17) is 21.7 Å². The molecular weight excluding hydrogens is 327 g/mol. The van der Waals surface area contributed by atoms with Gasteiger partial charge < -0.3 is 21.7 Å². The summed E-state index contributed by atoms with van der Waals surface area (Å²) in [5.41, 5.74) is 10.5. The molecule has 0 fully saturated rings. The maximum Gasteiger partial charge on any atom is 0.321 e. The summed E-state index contributed by atoms with van der Waals surface area (Å²) in [6, 6.07) is -1.79. The monoisotopic (exact) mass is 342 g/mol. The Kier molecular flexibility index (Phi) is 10.7. The summed E-state index contributed by atoms with van der Waals surface area (Å²) in [7, 11) is 0. The molecule has 0 bridgehead atoms. The Labute approximate surface area is 109 Å². The van der Waals surface area contributed by atoms with Crippen LogP contribution in [0.5, 0.6) is 0 Å². The fourth-order valence-electron chi connectivity index (χ4n) is 0.615. The normalized spacial score (nSPS) is 13.7. The average molecular weight is 341 g/mol. The third-order valence-corrected chi connectivity index (χ3v) is 2.62. The van der Waals surface area contributed by atoms with Crippen molar-refractivity contribution in [2.45, 2.75) is 18.5 Å². The van der Waals surface area contributed by atoms with Crippen LogP contribution in [0.4, 0.5) is 0 Å². The Hall–Kier alpha value is 0.00870. The largest absolute Gasteiger partial charge is 0.480 e. The topological polar surface area (TPSA) is 127 Å².